The average molecular weight is 310 g/mol. The molecule has 2 rings (SSSR count). The predicted octanol–water partition coefficient (Wildman–Crippen LogP) is 3.68. The Morgan fingerprint density at radius 1 is 1.45 bits per heavy atom. The molecule has 20 heavy (non-hydrogen) atoms. The van der Waals surface area contributed by atoms with E-state index in [9.17, 15) is 0 Å². The zero-order valence-electron chi connectivity index (χ0n) is 12.4. The van der Waals surface area contributed by atoms with E-state index in [4.69, 9.17) is 10.7 Å². The highest BCUT2D eigenvalue weighted by Gasteiger charge is 2.17. The molecule has 2 aromatic rings. The third-order valence-electron chi connectivity index (χ3n) is 3.48. The molecule has 0 bridgehead atoms. The lowest BCUT2D eigenvalue weighted by Gasteiger charge is -2.23. The fourth-order valence-electron chi connectivity index (χ4n) is 2.16. The molecule has 0 aliphatic rings. The maximum atomic E-state index is 5.83. The van der Waals surface area contributed by atoms with E-state index < -0.39 is 0 Å². The fourth-order valence-corrected chi connectivity index (χ4v) is 4.03. The first-order valence-corrected chi connectivity index (χ1v) is 8.79. The quantitative estimate of drug-likeness (QED) is 0.848. The lowest BCUT2D eigenvalue weighted by Crippen LogP contribution is -2.30. The van der Waals surface area contributed by atoms with Crippen LogP contribution in [-0.2, 0) is 19.4 Å². The van der Waals surface area contributed by atoms with Gasteiger partial charge in [-0.15, -0.1) is 22.7 Å². The van der Waals surface area contributed by atoms with Crippen LogP contribution < -0.4 is 10.6 Å². The molecule has 0 radical (unpaired) electrons. The highest BCUT2D eigenvalue weighted by atomic mass is 32.1. The van der Waals surface area contributed by atoms with Crippen molar-refractivity contribution in [1.29, 1.82) is 0 Å². The largest absolute Gasteiger partial charge is 0.348 e. The van der Waals surface area contributed by atoms with E-state index in [1.54, 1.807) is 11.3 Å². The van der Waals surface area contributed by atoms with Crippen molar-refractivity contribution in [1.82, 2.24) is 4.98 Å². The molecule has 0 aliphatic heterocycles. The first kappa shape index (κ1) is 15.5. The first-order chi connectivity index (χ1) is 9.65. The zero-order chi connectivity index (χ0) is 14.5. The van der Waals surface area contributed by atoms with Crippen LogP contribution in [0.5, 0.6) is 0 Å². The van der Waals surface area contributed by atoms with Gasteiger partial charge in [0.05, 0.1) is 5.69 Å². The Morgan fingerprint density at radius 3 is 2.85 bits per heavy atom. The van der Waals surface area contributed by atoms with Crippen molar-refractivity contribution < 1.29 is 0 Å². The molecule has 5 heteroatoms. The van der Waals surface area contributed by atoms with Crippen LogP contribution in [0.1, 0.15) is 35.7 Å². The van der Waals surface area contributed by atoms with Crippen LogP contribution in [0.3, 0.4) is 0 Å². The van der Waals surface area contributed by atoms with Gasteiger partial charge in [0.25, 0.3) is 0 Å². The summed E-state index contributed by atoms with van der Waals surface area (Å²) in [6.07, 6.45) is 3.20. The molecule has 3 nitrogen and oxygen atoms in total. The number of thiophene rings is 1. The molecule has 2 N–H and O–H groups in total. The number of thiazole rings is 1. The standard InChI is InChI=1S/C15H23N3S2/c1-4-6-13-14(10-16)20-15(17-13)18(3)11(2)9-12-7-5-8-19-12/h5,7-8,11H,4,6,9-10,16H2,1-3H3. The zero-order valence-corrected chi connectivity index (χ0v) is 14.1. The minimum Gasteiger partial charge on any atom is -0.348 e. The van der Waals surface area contributed by atoms with E-state index >= 15 is 0 Å². The van der Waals surface area contributed by atoms with Crippen LogP contribution in [0.4, 0.5) is 5.13 Å². The summed E-state index contributed by atoms with van der Waals surface area (Å²) in [6, 6.07) is 4.76. The summed E-state index contributed by atoms with van der Waals surface area (Å²) >= 11 is 3.56. The van der Waals surface area contributed by atoms with Gasteiger partial charge in [0.15, 0.2) is 5.13 Å². The molecule has 2 aromatic heterocycles. The summed E-state index contributed by atoms with van der Waals surface area (Å²) in [5, 5.41) is 3.23. The fraction of sp³-hybridized carbons (Fsp3) is 0.533. The van der Waals surface area contributed by atoms with Crippen LogP contribution in [0.15, 0.2) is 17.5 Å². The summed E-state index contributed by atoms with van der Waals surface area (Å²) in [4.78, 5) is 9.73. The van der Waals surface area contributed by atoms with Gasteiger partial charge in [-0.05, 0) is 24.8 Å². The lowest BCUT2D eigenvalue weighted by molar-refractivity contribution is 0.684. The van der Waals surface area contributed by atoms with E-state index in [1.807, 2.05) is 11.3 Å². The number of nitrogens with two attached hydrogens (primary N) is 1. The normalized spacial score (nSPS) is 12.6. The topological polar surface area (TPSA) is 42.2 Å². The van der Waals surface area contributed by atoms with E-state index in [0.717, 1.165) is 24.4 Å². The number of rotatable bonds is 7. The van der Waals surface area contributed by atoms with Crippen molar-refractivity contribution in [3.8, 4) is 0 Å². The second kappa shape index (κ2) is 7.20. The first-order valence-electron chi connectivity index (χ1n) is 7.09. The summed E-state index contributed by atoms with van der Waals surface area (Å²) in [7, 11) is 2.13. The van der Waals surface area contributed by atoms with Crippen molar-refractivity contribution in [2.75, 3.05) is 11.9 Å². The van der Waals surface area contributed by atoms with Gasteiger partial charge in [0.1, 0.15) is 0 Å². The van der Waals surface area contributed by atoms with E-state index in [1.165, 1.54) is 15.4 Å². The number of likely N-dealkylation sites (N-methyl/N-ethyl adjacent to an activating group) is 1. The Hall–Kier alpha value is -0.910. The van der Waals surface area contributed by atoms with Crippen LogP contribution in [-0.4, -0.2) is 18.1 Å². The molecule has 0 spiro atoms. The van der Waals surface area contributed by atoms with E-state index in [2.05, 4.69) is 43.3 Å². The molecular weight excluding hydrogens is 286 g/mol. The minimum absolute atomic E-state index is 0.444. The van der Waals surface area contributed by atoms with Gasteiger partial charge < -0.3 is 10.6 Å². The maximum absolute atomic E-state index is 5.83. The Balaban J connectivity index is 2.09. The molecule has 0 saturated carbocycles. The number of hydrogen-bond donors (Lipinski definition) is 1. The average Bonchev–Trinajstić information content (AvgIpc) is 3.07. The Morgan fingerprint density at radius 2 is 2.25 bits per heavy atom. The van der Waals surface area contributed by atoms with Crippen LogP contribution in [0.25, 0.3) is 0 Å². The van der Waals surface area contributed by atoms with Crippen molar-refractivity contribution in [2.45, 2.75) is 45.7 Å². The monoisotopic (exact) mass is 309 g/mol. The Kier molecular flexibility index (Phi) is 5.57. The molecule has 0 aliphatic carbocycles. The highest BCUT2D eigenvalue weighted by Crippen LogP contribution is 2.28. The van der Waals surface area contributed by atoms with Gasteiger partial charge in [-0.25, -0.2) is 4.98 Å². The second-order valence-electron chi connectivity index (χ2n) is 5.06. The molecule has 2 heterocycles. The number of aryl methyl sites for hydroxylation is 1. The molecule has 1 unspecified atom stereocenters. The molecule has 0 aromatic carbocycles. The number of nitrogens with zero attached hydrogens (tertiary/aromatic N) is 2. The van der Waals surface area contributed by atoms with Crippen molar-refractivity contribution in [3.05, 3.63) is 33.0 Å². The maximum Gasteiger partial charge on any atom is 0.185 e. The van der Waals surface area contributed by atoms with Gasteiger partial charge >= 0.3 is 0 Å². The second-order valence-corrected chi connectivity index (χ2v) is 7.16. The lowest BCUT2D eigenvalue weighted by atomic mass is 10.2. The third-order valence-corrected chi connectivity index (χ3v) is 5.59. The molecule has 0 saturated heterocycles. The van der Waals surface area contributed by atoms with E-state index in [0.29, 0.717) is 12.6 Å². The van der Waals surface area contributed by atoms with Gasteiger partial charge in [-0.3, -0.25) is 0 Å². The SMILES string of the molecule is CCCc1nc(N(C)C(C)Cc2cccs2)sc1CN. The number of anilines is 1. The third kappa shape index (κ3) is 3.59. The molecule has 0 fully saturated rings. The van der Waals surface area contributed by atoms with Crippen molar-refractivity contribution >= 4 is 27.8 Å². The summed E-state index contributed by atoms with van der Waals surface area (Å²) in [6.45, 7) is 5.03. The summed E-state index contributed by atoms with van der Waals surface area (Å²) < 4.78 is 0. The smallest absolute Gasteiger partial charge is 0.185 e. The van der Waals surface area contributed by atoms with Crippen LogP contribution >= 0.6 is 22.7 Å². The van der Waals surface area contributed by atoms with Gasteiger partial charge in [-0.2, -0.15) is 0 Å². The van der Waals surface area contributed by atoms with Crippen LogP contribution in [0, 0.1) is 0 Å². The molecule has 0 amide bonds. The molecular formula is C15H23N3S2. The summed E-state index contributed by atoms with van der Waals surface area (Å²) in [5.41, 5.74) is 7.02. The van der Waals surface area contributed by atoms with Gasteiger partial charge in [-0.1, -0.05) is 19.4 Å². The Labute approximate surface area is 129 Å². The molecule has 1 atom stereocenters. The van der Waals surface area contributed by atoms with E-state index in [-0.39, 0.29) is 0 Å². The number of hydrogen-bond acceptors (Lipinski definition) is 5. The summed E-state index contributed by atoms with van der Waals surface area (Å²) in [5.74, 6) is 0. The van der Waals surface area contributed by atoms with Crippen molar-refractivity contribution in [3.63, 3.8) is 0 Å². The molecule has 110 valence electrons. The van der Waals surface area contributed by atoms with Crippen LogP contribution in [0.2, 0.25) is 0 Å². The minimum atomic E-state index is 0.444. The predicted molar refractivity (Wildman–Crippen MR) is 89.9 cm³/mol. The Bertz CT molecular complexity index is 519. The van der Waals surface area contributed by atoms with Gasteiger partial charge in [0, 0.05) is 35.8 Å². The number of aromatic nitrogens is 1. The van der Waals surface area contributed by atoms with Gasteiger partial charge in [0.2, 0.25) is 0 Å². The highest BCUT2D eigenvalue weighted by molar-refractivity contribution is 7.15. The van der Waals surface area contributed by atoms with Crippen molar-refractivity contribution in [2.24, 2.45) is 5.73 Å².